The van der Waals surface area contributed by atoms with Crippen molar-refractivity contribution in [3.63, 3.8) is 0 Å². The van der Waals surface area contributed by atoms with E-state index in [9.17, 15) is 23.1 Å². The van der Waals surface area contributed by atoms with E-state index < -0.39 is 18.7 Å². The van der Waals surface area contributed by atoms with E-state index in [2.05, 4.69) is 10.3 Å². The number of benzene rings is 1. The van der Waals surface area contributed by atoms with Gasteiger partial charge in [-0.15, -0.1) is 0 Å². The first kappa shape index (κ1) is 17.1. The van der Waals surface area contributed by atoms with Gasteiger partial charge in [-0.1, -0.05) is 6.07 Å². The van der Waals surface area contributed by atoms with Crippen molar-refractivity contribution in [2.45, 2.75) is 38.7 Å². The minimum atomic E-state index is -4.22. The van der Waals surface area contributed by atoms with E-state index >= 15 is 0 Å². The molecule has 0 atom stereocenters. The largest absolute Gasteiger partial charge is 0.465 e. The number of carbonyl (C=O) groups is 1. The number of nitrogens with zero attached hydrogens (tertiary/aromatic N) is 2. The summed E-state index contributed by atoms with van der Waals surface area (Å²) in [6.45, 7) is -0.192. The number of halogens is 3. The summed E-state index contributed by atoms with van der Waals surface area (Å²) in [5.41, 5.74) is 1.78. The first-order chi connectivity index (χ1) is 10.8. The maximum Gasteiger partial charge on any atom is 0.404 e. The molecule has 1 aromatic heterocycles. The molecule has 0 saturated carbocycles. The lowest BCUT2D eigenvalue weighted by molar-refractivity contribution is -0.135. The van der Waals surface area contributed by atoms with Crippen molar-refractivity contribution < 1.29 is 28.2 Å². The molecule has 1 amide bonds. The second-order valence-electron chi connectivity index (χ2n) is 5.04. The van der Waals surface area contributed by atoms with Crippen molar-refractivity contribution in [1.29, 1.82) is 0 Å². The molecular formula is C14H16F3N3O3. The monoisotopic (exact) mass is 331 g/mol. The molecule has 0 unspecified atom stereocenters. The fourth-order valence-corrected chi connectivity index (χ4v) is 2.32. The van der Waals surface area contributed by atoms with Gasteiger partial charge >= 0.3 is 12.3 Å². The van der Waals surface area contributed by atoms with Crippen LogP contribution in [0.5, 0.6) is 0 Å². The van der Waals surface area contributed by atoms with Crippen molar-refractivity contribution >= 4 is 17.1 Å². The fraction of sp³-hybridized carbons (Fsp3) is 0.429. The third kappa shape index (κ3) is 4.59. The normalized spacial score (nSPS) is 11.8. The number of aliphatic hydroxyl groups excluding tert-OH is 1. The average Bonchev–Trinajstić information content (AvgIpc) is 2.81. The Bertz CT molecular complexity index is 698. The van der Waals surface area contributed by atoms with Gasteiger partial charge < -0.3 is 20.1 Å². The van der Waals surface area contributed by atoms with E-state index in [1.807, 2.05) is 0 Å². The lowest BCUT2D eigenvalue weighted by Crippen LogP contribution is -2.19. The number of aliphatic hydroxyl groups is 1. The zero-order valence-corrected chi connectivity index (χ0v) is 12.1. The number of rotatable bonds is 6. The molecule has 126 valence electrons. The summed E-state index contributed by atoms with van der Waals surface area (Å²) in [7, 11) is 0. The quantitative estimate of drug-likeness (QED) is 0.759. The highest BCUT2D eigenvalue weighted by molar-refractivity contribution is 5.77. The number of nitrogens with one attached hydrogen (secondary N) is 1. The molecule has 0 radical (unpaired) electrons. The third-order valence-corrected chi connectivity index (χ3v) is 3.32. The highest BCUT2D eigenvalue weighted by Crippen LogP contribution is 2.24. The molecule has 0 bridgehead atoms. The minimum absolute atomic E-state index is 0.0959. The van der Waals surface area contributed by atoms with Crippen LogP contribution in [-0.2, 0) is 19.7 Å². The average molecular weight is 331 g/mol. The molecule has 0 saturated heterocycles. The maximum absolute atomic E-state index is 12.3. The molecule has 3 N–H and O–H groups in total. The molecule has 1 aromatic carbocycles. The van der Waals surface area contributed by atoms with E-state index in [4.69, 9.17) is 5.11 Å². The SMILES string of the molecule is O=C(O)NCc1ccc2c(c1)nc(CO)n2CCCC(F)(F)F. The summed E-state index contributed by atoms with van der Waals surface area (Å²) in [6, 6.07) is 4.97. The van der Waals surface area contributed by atoms with Gasteiger partial charge in [0.15, 0.2) is 0 Å². The Labute approximate surface area is 129 Å². The highest BCUT2D eigenvalue weighted by atomic mass is 19.4. The highest BCUT2D eigenvalue weighted by Gasteiger charge is 2.26. The number of aryl methyl sites for hydroxylation is 1. The number of fused-ring (bicyclic) bond motifs is 1. The van der Waals surface area contributed by atoms with Crippen LogP contribution in [0.3, 0.4) is 0 Å². The molecule has 0 fully saturated rings. The van der Waals surface area contributed by atoms with Crippen molar-refractivity contribution in [2.75, 3.05) is 0 Å². The molecule has 9 heteroatoms. The van der Waals surface area contributed by atoms with Crippen LogP contribution < -0.4 is 5.32 Å². The smallest absolute Gasteiger partial charge is 0.404 e. The number of hydrogen-bond donors (Lipinski definition) is 3. The number of alkyl halides is 3. The first-order valence-electron chi connectivity index (χ1n) is 6.92. The zero-order valence-electron chi connectivity index (χ0n) is 12.1. The Morgan fingerprint density at radius 1 is 1.35 bits per heavy atom. The fourth-order valence-electron chi connectivity index (χ4n) is 2.32. The lowest BCUT2D eigenvalue weighted by atomic mass is 10.2. The van der Waals surface area contributed by atoms with Gasteiger partial charge in [0.05, 0.1) is 11.0 Å². The Hall–Kier alpha value is -2.29. The molecule has 0 aliphatic heterocycles. The number of hydrogen-bond acceptors (Lipinski definition) is 3. The Morgan fingerprint density at radius 2 is 2.09 bits per heavy atom. The first-order valence-corrected chi connectivity index (χ1v) is 6.92. The second-order valence-corrected chi connectivity index (χ2v) is 5.04. The predicted octanol–water partition coefficient (Wildman–Crippen LogP) is 2.64. The Morgan fingerprint density at radius 3 is 2.70 bits per heavy atom. The number of carboxylic acid groups (broad SMARTS) is 1. The molecule has 2 rings (SSSR count). The van der Waals surface area contributed by atoms with Crippen LogP contribution >= 0.6 is 0 Å². The van der Waals surface area contributed by atoms with Crippen LogP contribution in [0.4, 0.5) is 18.0 Å². The van der Waals surface area contributed by atoms with Gasteiger partial charge in [0.25, 0.3) is 0 Å². The molecule has 2 aromatic rings. The summed E-state index contributed by atoms with van der Waals surface area (Å²) in [5.74, 6) is 0.283. The van der Waals surface area contributed by atoms with E-state index in [-0.39, 0.29) is 31.9 Å². The zero-order chi connectivity index (χ0) is 17.0. The molecule has 23 heavy (non-hydrogen) atoms. The van der Waals surface area contributed by atoms with Crippen molar-refractivity contribution in [3.05, 3.63) is 29.6 Å². The van der Waals surface area contributed by atoms with Crippen LogP contribution in [0.15, 0.2) is 18.2 Å². The number of aromatic nitrogens is 2. The van der Waals surface area contributed by atoms with Crippen LogP contribution in [0.1, 0.15) is 24.2 Å². The van der Waals surface area contributed by atoms with Crippen molar-refractivity contribution in [1.82, 2.24) is 14.9 Å². The van der Waals surface area contributed by atoms with Crippen LogP contribution in [0, 0.1) is 0 Å². The minimum Gasteiger partial charge on any atom is -0.465 e. The van der Waals surface area contributed by atoms with E-state index in [0.29, 0.717) is 16.6 Å². The van der Waals surface area contributed by atoms with E-state index in [1.165, 1.54) is 0 Å². The summed E-state index contributed by atoms with van der Waals surface area (Å²) in [5, 5.41) is 20.1. The van der Waals surface area contributed by atoms with Gasteiger partial charge in [-0.3, -0.25) is 0 Å². The molecule has 6 nitrogen and oxygen atoms in total. The van der Waals surface area contributed by atoms with Gasteiger partial charge in [0, 0.05) is 19.5 Å². The summed E-state index contributed by atoms with van der Waals surface area (Å²) < 4.78 is 38.3. The second kappa shape index (κ2) is 6.86. The van der Waals surface area contributed by atoms with Gasteiger partial charge in [0.1, 0.15) is 12.4 Å². The van der Waals surface area contributed by atoms with E-state index in [1.54, 1.807) is 22.8 Å². The van der Waals surface area contributed by atoms with Gasteiger partial charge in [-0.2, -0.15) is 13.2 Å². The van der Waals surface area contributed by atoms with E-state index in [0.717, 1.165) is 0 Å². The molecule has 0 aliphatic rings. The molecular weight excluding hydrogens is 315 g/mol. The molecule has 0 aliphatic carbocycles. The van der Waals surface area contributed by atoms with Crippen molar-refractivity contribution in [2.24, 2.45) is 0 Å². The van der Waals surface area contributed by atoms with Crippen molar-refractivity contribution in [3.8, 4) is 0 Å². The summed E-state index contributed by atoms with van der Waals surface area (Å²) in [4.78, 5) is 14.7. The summed E-state index contributed by atoms with van der Waals surface area (Å²) in [6.07, 6.45) is -6.38. The predicted molar refractivity (Wildman–Crippen MR) is 75.8 cm³/mol. The maximum atomic E-state index is 12.3. The topological polar surface area (TPSA) is 87.4 Å². The van der Waals surface area contributed by atoms with Crippen LogP contribution in [0.25, 0.3) is 11.0 Å². The standard InChI is InChI=1S/C14H16F3N3O3/c15-14(16,17)4-1-5-20-11-3-2-9(7-18-13(22)23)6-10(11)19-12(20)8-21/h2-3,6,18,21H,1,4-5,7-8H2,(H,22,23). The number of amides is 1. The summed E-state index contributed by atoms with van der Waals surface area (Å²) >= 11 is 0. The Kier molecular flexibility index (Phi) is 5.09. The Balaban J connectivity index is 2.20. The van der Waals surface area contributed by atoms with Gasteiger partial charge in [0.2, 0.25) is 0 Å². The molecule has 1 heterocycles. The lowest BCUT2D eigenvalue weighted by Gasteiger charge is -2.10. The van der Waals surface area contributed by atoms with Crippen LogP contribution in [-0.4, -0.2) is 32.0 Å². The van der Waals surface area contributed by atoms with Crippen LogP contribution in [0.2, 0.25) is 0 Å². The van der Waals surface area contributed by atoms with Gasteiger partial charge in [-0.05, 0) is 24.1 Å². The molecule has 0 spiro atoms. The number of imidazole rings is 1. The third-order valence-electron chi connectivity index (χ3n) is 3.32. The van der Waals surface area contributed by atoms with Gasteiger partial charge in [-0.25, -0.2) is 9.78 Å².